The van der Waals surface area contributed by atoms with E-state index in [1.54, 1.807) is 24.3 Å². The van der Waals surface area contributed by atoms with Gasteiger partial charge in [0.25, 0.3) is 0 Å². The van der Waals surface area contributed by atoms with E-state index in [4.69, 9.17) is 25.5 Å². The summed E-state index contributed by atoms with van der Waals surface area (Å²) < 4.78 is 16.5. The third-order valence-corrected chi connectivity index (χ3v) is 4.17. The molecule has 1 aromatic heterocycles. The molecule has 2 aromatic rings. The number of quaternary nitrogens is 1. The van der Waals surface area contributed by atoms with Crippen LogP contribution in [0.4, 0.5) is 5.88 Å². The molecule has 1 saturated heterocycles. The molecule has 1 fully saturated rings. The minimum absolute atomic E-state index is 0.146. The monoisotopic (exact) mass is 363 g/mol. The van der Waals surface area contributed by atoms with Crippen LogP contribution < -0.4 is 15.0 Å². The van der Waals surface area contributed by atoms with Gasteiger partial charge in [-0.3, -0.25) is 0 Å². The highest BCUT2D eigenvalue weighted by Gasteiger charge is 2.16. The summed E-state index contributed by atoms with van der Waals surface area (Å²) in [4.78, 5) is 5.63. The van der Waals surface area contributed by atoms with E-state index in [-0.39, 0.29) is 12.3 Å². The average Bonchev–Trinajstić information content (AvgIpc) is 3.04. The number of halogens is 1. The van der Waals surface area contributed by atoms with Crippen molar-refractivity contribution >= 4 is 17.5 Å². The minimum atomic E-state index is 0.146. The zero-order valence-electron chi connectivity index (χ0n) is 13.8. The van der Waals surface area contributed by atoms with Crippen LogP contribution in [0.25, 0.3) is 0 Å². The van der Waals surface area contributed by atoms with Gasteiger partial charge in [0.2, 0.25) is 17.5 Å². The number of morpholine rings is 1. The zero-order chi connectivity index (χ0) is 17.5. The van der Waals surface area contributed by atoms with Crippen LogP contribution in [0.3, 0.4) is 0 Å². The summed E-state index contributed by atoms with van der Waals surface area (Å²) in [5, 5.41) is 13.0. The van der Waals surface area contributed by atoms with Gasteiger partial charge in [-0.25, -0.2) is 0 Å². The third-order valence-electron chi connectivity index (χ3n) is 3.92. The van der Waals surface area contributed by atoms with E-state index in [0.29, 0.717) is 29.1 Å². The smallest absolute Gasteiger partial charge is 0.236 e. The summed E-state index contributed by atoms with van der Waals surface area (Å²) in [5.41, 5.74) is 0.242. The summed E-state index contributed by atoms with van der Waals surface area (Å²) in [5.74, 6) is 1.41. The third kappa shape index (κ3) is 5.10. The van der Waals surface area contributed by atoms with Gasteiger partial charge in [0.15, 0.2) is 6.61 Å². The van der Waals surface area contributed by atoms with E-state index in [9.17, 15) is 5.26 Å². The zero-order valence-corrected chi connectivity index (χ0v) is 14.5. The van der Waals surface area contributed by atoms with Gasteiger partial charge in [0, 0.05) is 5.02 Å². The number of anilines is 1. The molecule has 0 atom stereocenters. The Labute approximate surface area is 151 Å². The molecule has 0 radical (unpaired) electrons. The summed E-state index contributed by atoms with van der Waals surface area (Å²) >= 11 is 5.84. The summed E-state index contributed by atoms with van der Waals surface area (Å²) in [7, 11) is 0. The van der Waals surface area contributed by atoms with Crippen molar-refractivity contribution in [3.05, 3.63) is 40.9 Å². The van der Waals surface area contributed by atoms with Crippen LogP contribution >= 0.6 is 11.6 Å². The van der Waals surface area contributed by atoms with Gasteiger partial charge in [-0.15, -0.1) is 0 Å². The van der Waals surface area contributed by atoms with Crippen molar-refractivity contribution in [2.24, 2.45) is 0 Å². The molecular formula is C17H20ClN4O3+. The molecule has 0 aliphatic carbocycles. The SMILES string of the molecule is N#Cc1nc(COc2ccc(Cl)cc2)oc1NCC[NH+]1CCOCC1. The lowest BCUT2D eigenvalue weighted by atomic mass is 10.3. The number of nitrogens with zero attached hydrogens (tertiary/aromatic N) is 2. The van der Waals surface area contributed by atoms with Crippen LogP contribution in [0.2, 0.25) is 5.02 Å². The number of rotatable bonds is 7. The lowest BCUT2D eigenvalue weighted by Gasteiger charge is -2.23. The Kier molecular flexibility index (Phi) is 6.12. The van der Waals surface area contributed by atoms with E-state index in [2.05, 4.69) is 10.3 Å². The Balaban J connectivity index is 1.51. The quantitative estimate of drug-likeness (QED) is 0.766. The van der Waals surface area contributed by atoms with Gasteiger partial charge >= 0.3 is 0 Å². The van der Waals surface area contributed by atoms with Gasteiger partial charge in [-0.1, -0.05) is 11.6 Å². The van der Waals surface area contributed by atoms with E-state index < -0.39 is 0 Å². The fourth-order valence-corrected chi connectivity index (χ4v) is 2.69. The first-order chi connectivity index (χ1) is 12.2. The topological polar surface area (TPSA) is 84.8 Å². The van der Waals surface area contributed by atoms with Crippen molar-refractivity contribution in [2.75, 3.05) is 44.7 Å². The largest absolute Gasteiger partial charge is 0.484 e. The standard InChI is InChI=1S/C17H19ClN4O3/c18-13-1-3-14(4-2-13)24-12-16-21-15(11-19)17(25-16)20-5-6-22-7-9-23-10-8-22/h1-4,20H,5-10,12H2/p+1. The van der Waals surface area contributed by atoms with Gasteiger partial charge < -0.3 is 24.1 Å². The molecule has 0 spiro atoms. The van der Waals surface area contributed by atoms with Crippen LogP contribution in [0, 0.1) is 11.3 Å². The molecule has 7 nitrogen and oxygen atoms in total. The molecule has 1 aliphatic heterocycles. The van der Waals surface area contributed by atoms with Gasteiger partial charge in [0.05, 0.1) is 26.3 Å². The van der Waals surface area contributed by atoms with Crippen molar-refractivity contribution in [3.8, 4) is 11.8 Å². The van der Waals surface area contributed by atoms with Crippen molar-refractivity contribution in [2.45, 2.75) is 6.61 Å². The second kappa shape index (κ2) is 8.72. The number of hydrogen-bond acceptors (Lipinski definition) is 6. The Hall–Kier alpha value is -2.27. The van der Waals surface area contributed by atoms with Crippen LogP contribution in [0.1, 0.15) is 11.6 Å². The molecular weight excluding hydrogens is 344 g/mol. The number of oxazole rings is 1. The molecule has 0 saturated carbocycles. The van der Waals surface area contributed by atoms with Gasteiger partial charge in [-0.2, -0.15) is 10.2 Å². The highest BCUT2D eigenvalue weighted by atomic mass is 35.5. The molecule has 8 heteroatoms. The van der Waals surface area contributed by atoms with Crippen LogP contribution in [-0.2, 0) is 11.3 Å². The maximum Gasteiger partial charge on any atom is 0.236 e. The van der Waals surface area contributed by atoms with Crippen LogP contribution in [0.5, 0.6) is 5.75 Å². The second-order valence-corrected chi connectivity index (χ2v) is 6.12. The first kappa shape index (κ1) is 17.5. The molecule has 1 aromatic carbocycles. The molecule has 2 N–H and O–H groups in total. The number of aromatic nitrogens is 1. The number of ether oxygens (including phenoxy) is 2. The first-order valence-corrected chi connectivity index (χ1v) is 8.56. The minimum Gasteiger partial charge on any atom is -0.484 e. The van der Waals surface area contributed by atoms with Crippen molar-refractivity contribution < 1.29 is 18.8 Å². The van der Waals surface area contributed by atoms with Crippen molar-refractivity contribution in [1.29, 1.82) is 5.26 Å². The summed E-state index contributed by atoms with van der Waals surface area (Å²) in [6.07, 6.45) is 0. The first-order valence-electron chi connectivity index (χ1n) is 8.18. The Morgan fingerprint density at radius 1 is 1.28 bits per heavy atom. The maximum absolute atomic E-state index is 9.21. The van der Waals surface area contributed by atoms with E-state index >= 15 is 0 Å². The molecule has 0 unspecified atom stereocenters. The molecule has 132 valence electrons. The van der Waals surface area contributed by atoms with Gasteiger partial charge in [0.1, 0.15) is 24.9 Å². The van der Waals surface area contributed by atoms with E-state index in [1.807, 2.05) is 6.07 Å². The normalized spacial score (nSPS) is 14.9. The summed E-state index contributed by atoms with van der Waals surface area (Å²) in [6.45, 7) is 5.39. The number of nitriles is 1. The number of nitrogens with one attached hydrogen (secondary N) is 2. The Morgan fingerprint density at radius 2 is 2.04 bits per heavy atom. The van der Waals surface area contributed by atoms with Crippen molar-refractivity contribution in [1.82, 2.24) is 4.98 Å². The number of benzene rings is 1. The van der Waals surface area contributed by atoms with Crippen LogP contribution in [0.15, 0.2) is 28.7 Å². The maximum atomic E-state index is 9.21. The Morgan fingerprint density at radius 3 is 2.76 bits per heavy atom. The van der Waals surface area contributed by atoms with Crippen molar-refractivity contribution in [3.63, 3.8) is 0 Å². The average molecular weight is 364 g/mol. The fraction of sp³-hybridized carbons (Fsp3) is 0.412. The summed E-state index contributed by atoms with van der Waals surface area (Å²) in [6, 6.07) is 9.06. The predicted molar refractivity (Wildman–Crippen MR) is 91.9 cm³/mol. The Bertz CT molecular complexity index is 720. The van der Waals surface area contributed by atoms with E-state index in [1.165, 1.54) is 4.90 Å². The highest BCUT2D eigenvalue weighted by molar-refractivity contribution is 6.30. The van der Waals surface area contributed by atoms with E-state index in [0.717, 1.165) is 32.8 Å². The molecule has 1 aliphatic rings. The predicted octanol–water partition coefficient (Wildman–Crippen LogP) is 1.11. The molecule has 2 heterocycles. The molecule has 0 bridgehead atoms. The molecule has 3 rings (SSSR count). The number of hydrogen-bond donors (Lipinski definition) is 2. The lowest BCUT2D eigenvalue weighted by molar-refractivity contribution is -0.906. The highest BCUT2D eigenvalue weighted by Crippen LogP contribution is 2.19. The second-order valence-electron chi connectivity index (χ2n) is 5.68. The fourth-order valence-electron chi connectivity index (χ4n) is 2.56. The van der Waals surface area contributed by atoms with Gasteiger partial charge in [-0.05, 0) is 24.3 Å². The molecule has 25 heavy (non-hydrogen) atoms. The van der Waals surface area contributed by atoms with Crippen LogP contribution in [-0.4, -0.2) is 44.4 Å². The molecule has 0 amide bonds. The lowest BCUT2D eigenvalue weighted by Crippen LogP contribution is -3.14.